The van der Waals surface area contributed by atoms with E-state index < -0.39 is 23.3 Å². The monoisotopic (exact) mass is 342 g/mol. The van der Waals surface area contributed by atoms with Crippen molar-refractivity contribution >= 4 is 22.1 Å². The van der Waals surface area contributed by atoms with Crippen molar-refractivity contribution < 1.29 is 18.3 Å². The molecule has 0 saturated heterocycles. The molecular weight excluding hydrogens is 330 g/mol. The van der Waals surface area contributed by atoms with Crippen LogP contribution in [0.1, 0.15) is 11.7 Å². The lowest BCUT2D eigenvalue weighted by atomic mass is 10.1. The quantitative estimate of drug-likeness (QED) is 0.621. The van der Waals surface area contributed by atoms with E-state index in [4.69, 9.17) is 4.42 Å². The molecule has 1 N–H and O–H groups in total. The number of aliphatic hydroxyl groups is 1. The van der Waals surface area contributed by atoms with Gasteiger partial charge in [-0.1, -0.05) is 18.2 Å². The Morgan fingerprint density at radius 2 is 2.00 bits per heavy atom. The fourth-order valence-electron chi connectivity index (χ4n) is 2.80. The molecule has 0 aliphatic carbocycles. The van der Waals surface area contributed by atoms with Gasteiger partial charge in [-0.25, -0.2) is 13.8 Å². The molecule has 0 amide bonds. The molecule has 7 heteroatoms. The van der Waals surface area contributed by atoms with Crippen LogP contribution >= 0.6 is 0 Å². The van der Waals surface area contributed by atoms with Gasteiger partial charge in [0.2, 0.25) is 5.58 Å². The second-order valence-electron chi connectivity index (χ2n) is 5.66. The summed E-state index contributed by atoms with van der Waals surface area (Å²) in [5.74, 6) is -1.62. The van der Waals surface area contributed by atoms with Crippen LogP contribution in [-0.4, -0.2) is 14.7 Å². The van der Waals surface area contributed by atoms with E-state index in [-0.39, 0.29) is 17.7 Å². The average Bonchev–Trinajstić information content (AvgIpc) is 2.97. The number of para-hydroxylation sites is 1. The van der Waals surface area contributed by atoms with Gasteiger partial charge < -0.3 is 9.52 Å². The van der Waals surface area contributed by atoms with Gasteiger partial charge in [0.1, 0.15) is 22.7 Å². The molecular formula is C18H12F2N2O3. The smallest absolute Gasteiger partial charge is 0.297 e. The molecule has 5 nitrogen and oxygen atoms in total. The molecule has 0 fully saturated rings. The number of benzene rings is 2. The van der Waals surface area contributed by atoms with E-state index in [1.54, 1.807) is 18.2 Å². The standard InChI is InChI=1S/C18H12F2N2O3/c19-10-5-6-11(13(20)7-10)14(23)8-22-9-21-16-12-3-1-2-4-15(12)25-17(16)18(22)24/h1-7,9,14,23H,8H2. The Morgan fingerprint density at radius 1 is 1.20 bits per heavy atom. The molecule has 0 aliphatic heterocycles. The minimum Gasteiger partial charge on any atom is -0.448 e. The summed E-state index contributed by atoms with van der Waals surface area (Å²) in [7, 11) is 0. The fraction of sp³-hybridized carbons (Fsp3) is 0.111. The molecule has 0 aliphatic rings. The topological polar surface area (TPSA) is 68.3 Å². The Morgan fingerprint density at radius 3 is 2.80 bits per heavy atom. The summed E-state index contributed by atoms with van der Waals surface area (Å²) in [6.07, 6.45) is -0.0565. The molecule has 2 aromatic carbocycles. The first-order valence-corrected chi connectivity index (χ1v) is 7.54. The second kappa shape index (κ2) is 5.78. The number of aromatic nitrogens is 2. The van der Waals surface area contributed by atoms with E-state index >= 15 is 0 Å². The molecule has 2 heterocycles. The van der Waals surface area contributed by atoms with Gasteiger partial charge in [0.25, 0.3) is 5.56 Å². The maximum atomic E-state index is 13.8. The van der Waals surface area contributed by atoms with Crippen LogP contribution in [0, 0.1) is 11.6 Å². The third-order valence-electron chi connectivity index (χ3n) is 4.04. The maximum Gasteiger partial charge on any atom is 0.297 e. The van der Waals surface area contributed by atoms with Crippen LogP contribution < -0.4 is 5.56 Å². The van der Waals surface area contributed by atoms with Gasteiger partial charge in [-0.15, -0.1) is 0 Å². The number of halogens is 2. The minimum absolute atomic E-state index is 0.0653. The first-order chi connectivity index (χ1) is 12.0. The molecule has 4 rings (SSSR count). The minimum atomic E-state index is -1.33. The van der Waals surface area contributed by atoms with Crippen LogP contribution in [0.25, 0.3) is 22.1 Å². The third-order valence-corrected chi connectivity index (χ3v) is 4.04. The van der Waals surface area contributed by atoms with Crippen LogP contribution in [0.2, 0.25) is 0 Å². The zero-order chi connectivity index (χ0) is 17.6. The highest BCUT2D eigenvalue weighted by molar-refractivity contribution is 6.01. The van der Waals surface area contributed by atoms with Gasteiger partial charge in [0.05, 0.1) is 19.0 Å². The molecule has 0 radical (unpaired) electrons. The largest absolute Gasteiger partial charge is 0.448 e. The van der Waals surface area contributed by atoms with Gasteiger partial charge in [0.15, 0.2) is 0 Å². The number of nitrogens with zero attached hydrogens (tertiary/aromatic N) is 2. The fourth-order valence-corrected chi connectivity index (χ4v) is 2.80. The number of rotatable bonds is 3. The third kappa shape index (κ3) is 2.58. The van der Waals surface area contributed by atoms with Gasteiger partial charge in [-0.2, -0.15) is 0 Å². The highest BCUT2D eigenvalue weighted by atomic mass is 19.1. The van der Waals surface area contributed by atoms with Crippen LogP contribution in [0.5, 0.6) is 0 Å². The Hall–Kier alpha value is -3.06. The SMILES string of the molecule is O=c1c2oc3ccccc3c2ncn1CC(O)c1ccc(F)cc1F. The van der Waals surface area contributed by atoms with Crippen LogP contribution in [0.15, 0.2) is 58.0 Å². The van der Waals surface area contributed by atoms with E-state index in [1.807, 2.05) is 6.07 Å². The molecule has 2 aromatic heterocycles. The van der Waals surface area contributed by atoms with Crippen molar-refractivity contribution in [2.24, 2.45) is 0 Å². The lowest BCUT2D eigenvalue weighted by Crippen LogP contribution is -2.23. The van der Waals surface area contributed by atoms with Crippen LogP contribution in [-0.2, 0) is 6.54 Å². The van der Waals surface area contributed by atoms with Crippen molar-refractivity contribution in [3.63, 3.8) is 0 Å². The first-order valence-electron chi connectivity index (χ1n) is 7.54. The number of fused-ring (bicyclic) bond motifs is 3. The van der Waals surface area contributed by atoms with E-state index in [0.717, 1.165) is 16.7 Å². The molecule has 0 spiro atoms. The van der Waals surface area contributed by atoms with Crippen molar-refractivity contribution in [2.75, 3.05) is 0 Å². The van der Waals surface area contributed by atoms with Crippen LogP contribution in [0.4, 0.5) is 8.78 Å². The van der Waals surface area contributed by atoms with Gasteiger partial charge in [0, 0.05) is 17.0 Å². The molecule has 0 saturated carbocycles. The number of hydrogen-bond acceptors (Lipinski definition) is 4. The van der Waals surface area contributed by atoms with Crippen LogP contribution in [0.3, 0.4) is 0 Å². The first kappa shape index (κ1) is 15.5. The van der Waals surface area contributed by atoms with E-state index in [9.17, 15) is 18.7 Å². The Kier molecular flexibility index (Phi) is 3.58. The molecule has 126 valence electrons. The van der Waals surface area contributed by atoms with Gasteiger partial charge in [-0.05, 0) is 18.2 Å². The Bertz CT molecular complexity index is 1150. The highest BCUT2D eigenvalue weighted by Crippen LogP contribution is 2.25. The predicted octanol–water partition coefficient (Wildman–Crippen LogP) is 3.15. The van der Waals surface area contributed by atoms with Crippen molar-refractivity contribution in [1.29, 1.82) is 0 Å². The Balaban J connectivity index is 1.75. The molecule has 25 heavy (non-hydrogen) atoms. The Labute approximate surface area is 139 Å². The van der Waals surface area contributed by atoms with E-state index in [2.05, 4.69) is 4.98 Å². The van der Waals surface area contributed by atoms with Gasteiger partial charge >= 0.3 is 0 Å². The zero-order valence-electron chi connectivity index (χ0n) is 12.8. The summed E-state index contributed by atoms with van der Waals surface area (Å²) in [5.41, 5.74) is 0.445. The summed E-state index contributed by atoms with van der Waals surface area (Å²) < 4.78 is 33.4. The number of hydrogen-bond donors (Lipinski definition) is 1. The molecule has 1 atom stereocenters. The highest BCUT2D eigenvalue weighted by Gasteiger charge is 2.18. The van der Waals surface area contributed by atoms with Crippen molar-refractivity contribution in [1.82, 2.24) is 9.55 Å². The zero-order valence-corrected chi connectivity index (χ0v) is 12.8. The summed E-state index contributed by atoms with van der Waals surface area (Å²) >= 11 is 0. The summed E-state index contributed by atoms with van der Waals surface area (Å²) in [6, 6.07) is 9.99. The predicted molar refractivity (Wildman–Crippen MR) is 87.1 cm³/mol. The second-order valence-corrected chi connectivity index (χ2v) is 5.66. The summed E-state index contributed by atoms with van der Waals surface area (Å²) in [5, 5.41) is 10.9. The van der Waals surface area contributed by atoms with Crippen molar-refractivity contribution in [3.05, 3.63) is 76.3 Å². The average molecular weight is 342 g/mol. The van der Waals surface area contributed by atoms with E-state index in [0.29, 0.717) is 22.6 Å². The maximum absolute atomic E-state index is 13.8. The summed E-state index contributed by atoms with van der Waals surface area (Å²) in [6.45, 7) is -0.235. The number of aliphatic hydroxyl groups excluding tert-OH is 1. The number of furan rings is 1. The lowest BCUT2D eigenvalue weighted by Gasteiger charge is -2.13. The van der Waals surface area contributed by atoms with Gasteiger partial charge in [-0.3, -0.25) is 9.36 Å². The molecule has 0 bridgehead atoms. The molecule has 4 aromatic rings. The van der Waals surface area contributed by atoms with E-state index in [1.165, 1.54) is 6.33 Å². The lowest BCUT2D eigenvalue weighted by molar-refractivity contribution is 0.150. The normalized spacial score (nSPS) is 12.8. The van der Waals surface area contributed by atoms with Crippen molar-refractivity contribution in [2.45, 2.75) is 12.6 Å². The molecule has 1 unspecified atom stereocenters. The van der Waals surface area contributed by atoms with Crippen molar-refractivity contribution in [3.8, 4) is 0 Å². The summed E-state index contributed by atoms with van der Waals surface area (Å²) in [4.78, 5) is 16.8.